The van der Waals surface area contributed by atoms with Crippen LogP contribution >= 0.6 is 12.4 Å². The van der Waals surface area contributed by atoms with Crippen LogP contribution in [0.15, 0.2) is 18.2 Å². The summed E-state index contributed by atoms with van der Waals surface area (Å²) in [5, 5.41) is 6.65. The molecule has 0 aromatic heterocycles. The molecule has 3 saturated heterocycles. The van der Waals surface area contributed by atoms with Crippen LogP contribution in [-0.2, 0) is 9.59 Å². The SMILES string of the molecule is COc1ccc(NC(=O)CC2CC3CCC(C2)N3)cc1N1CCCCC1=O.Cl. The number of methoxy groups -OCH3 is 1. The Kier molecular flexibility index (Phi) is 6.83. The molecule has 3 fully saturated rings. The molecule has 2 unspecified atom stereocenters. The van der Waals surface area contributed by atoms with Crippen LogP contribution in [0.2, 0.25) is 0 Å². The van der Waals surface area contributed by atoms with E-state index in [0.717, 1.165) is 37.1 Å². The lowest BCUT2D eigenvalue weighted by atomic mass is 9.89. The molecule has 3 heterocycles. The quantitative estimate of drug-likeness (QED) is 0.783. The third-order valence-corrected chi connectivity index (χ3v) is 6.12. The maximum atomic E-state index is 12.6. The number of nitrogens with one attached hydrogen (secondary N) is 2. The van der Waals surface area contributed by atoms with Crippen molar-refractivity contribution in [3.8, 4) is 5.75 Å². The number of nitrogens with zero attached hydrogens (tertiary/aromatic N) is 1. The van der Waals surface area contributed by atoms with Crippen molar-refractivity contribution in [2.24, 2.45) is 5.92 Å². The number of rotatable bonds is 5. The zero-order valence-electron chi connectivity index (χ0n) is 16.4. The number of amides is 2. The third kappa shape index (κ3) is 4.61. The van der Waals surface area contributed by atoms with E-state index in [2.05, 4.69) is 10.6 Å². The fourth-order valence-corrected chi connectivity index (χ4v) is 4.86. The highest BCUT2D eigenvalue weighted by molar-refractivity contribution is 5.97. The Morgan fingerprint density at radius 2 is 2.00 bits per heavy atom. The highest BCUT2D eigenvalue weighted by atomic mass is 35.5. The number of hydrogen-bond donors (Lipinski definition) is 2. The molecule has 2 amide bonds. The maximum Gasteiger partial charge on any atom is 0.227 e. The number of hydrogen-bond acceptors (Lipinski definition) is 4. The Hall–Kier alpha value is -1.79. The zero-order valence-corrected chi connectivity index (χ0v) is 17.2. The van der Waals surface area contributed by atoms with Crippen molar-refractivity contribution in [3.63, 3.8) is 0 Å². The zero-order chi connectivity index (χ0) is 18.8. The van der Waals surface area contributed by atoms with E-state index in [9.17, 15) is 9.59 Å². The minimum absolute atomic E-state index is 0. The number of anilines is 2. The summed E-state index contributed by atoms with van der Waals surface area (Å²) in [5.41, 5.74) is 1.48. The van der Waals surface area contributed by atoms with Gasteiger partial charge in [0.25, 0.3) is 0 Å². The smallest absolute Gasteiger partial charge is 0.227 e. The van der Waals surface area contributed by atoms with E-state index in [1.807, 2.05) is 18.2 Å². The summed E-state index contributed by atoms with van der Waals surface area (Å²) in [7, 11) is 1.61. The second kappa shape index (κ2) is 9.14. The molecule has 1 aromatic carbocycles. The molecule has 28 heavy (non-hydrogen) atoms. The minimum Gasteiger partial charge on any atom is -0.495 e. The number of benzene rings is 1. The van der Waals surface area contributed by atoms with E-state index in [1.165, 1.54) is 12.8 Å². The van der Waals surface area contributed by atoms with Crippen LogP contribution in [0.5, 0.6) is 5.75 Å². The van der Waals surface area contributed by atoms with Gasteiger partial charge >= 0.3 is 0 Å². The van der Waals surface area contributed by atoms with Crippen molar-refractivity contribution in [1.82, 2.24) is 5.32 Å². The lowest BCUT2D eigenvalue weighted by Crippen LogP contribution is -2.39. The predicted octanol–water partition coefficient (Wildman–Crippen LogP) is 3.49. The van der Waals surface area contributed by atoms with Gasteiger partial charge < -0.3 is 20.3 Å². The summed E-state index contributed by atoms with van der Waals surface area (Å²) in [4.78, 5) is 26.7. The number of fused-ring (bicyclic) bond motifs is 2. The summed E-state index contributed by atoms with van der Waals surface area (Å²) >= 11 is 0. The first kappa shape index (κ1) is 20.9. The number of carbonyl (C=O) groups is 2. The molecular weight excluding hydrogens is 378 g/mol. The van der Waals surface area contributed by atoms with Gasteiger partial charge in [-0.25, -0.2) is 0 Å². The second-order valence-corrected chi connectivity index (χ2v) is 8.12. The molecular formula is C21H30ClN3O3. The van der Waals surface area contributed by atoms with E-state index in [1.54, 1.807) is 12.0 Å². The molecule has 2 atom stereocenters. The van der Waals surface area contributed by atoms with Gasteiger partial charge in [0.05, 0.1) is 12.8 Å². The average Bonchev–Trinajstić information content (AvgIpc) is 3.00. The Balaban J connectivity index is 0.00000225. The van der Waals surface area contributed by atoms with E-state index in [4.69, 9.17) is 4.74 Å². The summed E-state index contributed by atoms with van der Waals surface area (Å²) in [5.74, 6) is 1.30. The molecule has 4 rings (SSSR count). The average molecular weight is 408 g/mol. The molecule has 0 aliphatic carbocycles. The predicted molar refractivity (Wildman–Crippen MR) is 112 cm³/mol. The second-order valence-electron chi connectivity index (χ2n) is 8.12. The molecule has 2 N–H and O–H groups in total. The molecule has 0 radical (unpaired) electrons. The first-order valence-corrected chi connectivity index (χ1v) is 10.2. The van der Waals surface area contributed by atoms with Crippen molar-refractivity contribution in [3.05, 3.63) is 18.2 Å². The molecule has 7 heteroatoms. The van der Waals surface area contributed by atoms with Crippen LogP contribution in [0.3, 0.4) is 0 Å². The van der Waals surface area contributed by atoms with Crippen molar-refractivity contribution in [1.29, 1.82) is 0 Å². The van der Waals surface area contributed by atoms with Gasteiger partial charge in [-0.1, -0.05) is 0 Å². The topological polar surface area (TPSA) is 70.7 Å². The van der Waals surface area contributed by atoms with Gasteiger partial charge in [-0.05, 0) is 62.6 Å². The van der Waals surface area contributed by atoms with Crippen molar-refractivity contribution in [2.75, 3.05) is 23.9 Å². The lowest BCUT2D eigenvalue weighted by molar-refractivity contribution is -0.119. The van der Waals surface area contributed by atoms with Crippen LogP contribution < -0.4 is 20.3 Å². The molecule has 3 aliphatic rings. The lowest BCUT2D eigenvalue weighted by Gasteiger charge is -2.29. The summed E-state index contributed by atoms with van der Waals surface area (Å²) in [6.07, 6.45) is 7.75. The van der Waals surface area contributed by atoms with Crippen molar-refractivity contribution >= 4 is 35.6 Å². The van der Waals surface area contributed by atoms with Gasteiger partial charge in [0.15, 0.2) is 0 Å². The van der Waals surface area contributed by atoms with Gasteiger partial charge in [-0.15, -0.1) is 12.4 Å². The van der Waals surface area contributed by atoms with E-state index < -0.39 is 0 Å². The Labute approximate surface area is 172 Å². The Morgan fingerprint density at radius 1 is 1.25 bits per heavy atom. The number of halogens is 1. The van der Waals surface area contributed by atoms with Gasteiger partial charge in [-0.3, -0.25) is 9.59 Å². The van der Waals surface area contributed by atoms with E-state index >= 15 is 0 Å². The molecule has 6 nitrogen and oxygen atoms in total. The van der Waals surface area contributed by atoms with Crippen LogP contribution in [0.4, 0.5) is 11.4 Å². The Morgan fingerprint density at radius 3 is 2.68 bits per heavy atom. The van der Waals surface area contributed by atoms with Gasteiger partial charge in [0.1, 0.15) is 5.75 Å². The van der Waals surface area contributed by atoms with Crippen LogP contribution in [0.25, 0.3) is 0 Å². The van der Waals surface area contributed by atoms with Crippen LogP contribution in [0, 0.1) is 5.92 Å². The monoisotopic (exact) mass is 407 g/mol. The number of piperidine rings is 2. The fourth-order valence-electron chi connectivity index (χ4n) is 4.86. The summed E-state index contributed by atoms with van der Waals surface area (Å²) in [6.45, 7) is 0.699. The number of ether oxygens (including phenoxy) is 1. The van der Waals surface area contributed by atoms with E-state index in [-0.39, 0.29) is 24.2 Å². The first-order valence-electron chi connectivity index (χ1n) is 10.2. The standard InChI is InChI=1S/C21H29N3O3.ClH/c1-27-19-8-7-17(13-18(19)24-9-3-2-4-21(24)26)23-20(25)12-14-10-15-5-6-16(11-14)22-15;/h7-8,13-16,22H,2-6,9-12H2,1H3,(H,23,25);1H. The van der Waals surface area contributed by atoms with Crippen LogP contribution in [-0.4, -0.2) is 37.6 Å². The number of carbonyl (C=O) groups excluding carboxylic acids is 2. The maximum absolute atomic E-state index is 12.6. The first-order chi connectivity index (χ1) is 13.1. The van der Waals surface area contributed by atoms with Gasteiger partial charge in [-0.2, -0.15) is 0 Å². The highest BCUT2D eigenvalue weighted by Gasteiger charge is 2.34. The van der Waals surface area contributed by atoms with Gasteiger partial charge in [0, 0.05) is 37.2 Å². The summed E-state index contributed by atoms with van der Waals surface area (Å²) in [6, 6.07) is 6.74. The highest BCUT2D eigenvalue weighted by Crippen LogP contribution is 2.35. The molecule has 3 aliphatic heterocycles. The van der Waals surface area contributed by atoms with Gasteiger partial charge in [0.2, 0.25) is 11.8 Å². The largest absolute Gasteiger partial charge is 0.495 e. The molecule has 154 valence electrons. The molecule has 1 aromatic rings. The van der Waals surface area contributed by atoms with Crippen molar-refractivity contribution in [2.45, 2.75) is 63.5 Å². The van der Waals surface area contributed by atoms with E-state index in [0.29, 0.717) is 43.1 Å². The third-order valence-electron chi connectivity index (χ3n) is 6.12. The molecule has 2 bridgehead atoms. The van der Waals surface area contributed by atoms with Crippen molar-refractivity contribution < 1.29 is 14.3 Å². The molecule has 0 saturated carbocycles. The summed E-state index contributed by atoms with van der Waals surface area (Å²) < 4.78 is 5.45. The Bertz CT molecular complexity index is 715. The molecule has 0 spiro atoms. The normalized spacial score (nSPS) is 26.5. The minimum atomic E-state index is 0. The van der Waals surface area contributed by atoms with Crippen LogP contribution in [0.1, 0.15) is 51.4 Å². The fraction of sp³-hybridized carbons (Fsp3) is 0.619.